The molecule has 2 N–H and O–H groups in total. The Kier molecular flexibility index (Phi) is 3.01. The maximum absolute atomic E-state index is 10.2. The van der Waals surface area contributed by atoms with Crippen molar-refractivity contribution in [2.75, 3.05) is 0 Å². The van der Waals surface area contributed by atoms with Crippen LogP contribution in [0.5, 0.6) is 11.8 Å². The highest BCUT2D eigenvalue weighted by atomic mass is 16.3. The fraction of sp³-hybridized carbons (Fsp3) is 0.467. The molecule has 1 aliphatic carbocycles. The number of aromatic nitrogens is 1. The van der Waals surface area contributed by atoms with Gasteiger partial charge in [-0.1, -0.05) is 38.5 Å². The molecule has 0 aromatic carbocycles. The van der Waals surface area contributed by atoms with Gasteiger partial charge in [-0.15, -0.1) is 6.58 Å². The number of rotatable bonds is 2. The van der Waals surface area contributed by atoms with E-state index in [1.807, 2.05) is 0 Å². The minimum atomic E-state index is 0.0975. The zero-order chi connectivity index (χ0) is 13.5. The van der Waals surface area contributed by atoms with Crippen molar-refractivity contribution >= 4 is 0 Å². The van der Waals surface area contributed by atoms with E-state index in [-0.39, 0.29) is 17.2 Å². The highest BCUT2D eigenvalue weighted by molar-refractivity contribution is 5.51. The monoisotopic (exact) mass is 247 g/mol. The smallest absolute Gasteiger partial charge is 0.198 e. The molecule has 0 saturated heterocycles. The van der Waals surface area contributed by atoms with Gasteiger partial charge in [0, 0.05) is 17.7 Å². The minimum absolute atomic E-state index is 0.0975. The van der Waals surface area contributed by atoms with Gasteiger partial charge in [-0.2, -0.15) is 0 Å². The van der Waals surface area contributed by atoms with Gasteiger partial charge in [0.2, 0.25) is 0 Å². The predicted molar refractivity (Wildman–Crippen MR) is 72.9 cm³/mol. The van der Waals surface area contributed by atoms with E-state index in [1.54, 1.807) is 6.08 Å². The molecule has 0 saturated carbocycles. The lowest BCUT2D eigenvalue weighted by molar-refractivity contribution is 0.376. The summed E-state index contributed by atoms with van der Waals surface area (Å²) in [6.45, 7) is 10.6. The Labute approximate surface area is 108 Å². The molecule has 18 heavy (non-hydrogen) atoms. The van der Waals surface area contributed by atoms with Crippen molar-refractivity contribution in [1.29, 1.82) is 0 Å². The maximum Gasteiger partial charge on any atom is 0.198 e. The number of aromatic hydroxyl groups is 2. The fourth-order valence-corrected chi connectivity index (χ4v) is 2.46. The third-order valence-corrected chi connectivity index (χ3v) is 3.61. The third kappa shape index (κ3) is 1.94. The van der Waals surface area contributed by atoms with Crippen LogP contribution in [0.25, 0.3) is 0 Å². The Hall–Kier alpha value is -1.64. The van der Waals surface area contributed by atoms with Crippen molar-refractivity contribution in [1.82, 2.24) is 4.57 Å². The van der Waals surface area contributed by atoms with Gasteiger partial charge in [0.1, 0.15) is 0 Å². The summed E-state index contributed by atoms with van der Waals surface area (Å²) in [5, 5.41) is 20.3. The maximum atomic E-state index is 10.2. The van der Waals surface area contributed by atoms with Crippen LogP contribution >= 0.6 is 0 Å². The zero-order valence-electron chi connectivity index (χ0n) is 11.3. The van der Waals surface area contributed by atoms with E-state index in [0.717, 1.165) is 11.1 Å². The average Bonchev–Trinajstić information content (AvgIpc) is 2.53. The SMILES string of the molecule is C=CCn1c(O)c2c(c1O)CC(C(C)(C)C)=CC2. The topological polar surface area (TPSA) is 45.4 Å². The molecule has 0 amide bonds. The summed E-state index contributed by atoms with van der Waals surface area (Å²) in [5.74, 6) is 0.351. The molecule has 0 atom stereocenters. The van der Waals surface area contributed by atoms with E-state index in [2.05, 4.69) is 33.4 Å². The summed E-state index contributed by atoms with van der Waals surface area (Å²) >= 11 is 0. The van der Waals surface area contributed by atoms with Gasteiger partial charge in [0.05, 0.1) is 0 Å². The lowest BCUT2D eigenvalue weighted by Gasteiger charge is -2.26. The van der Waals surface area contributed by atoms with E-state index in [4.69, 9.17) is 0 Å². The number of hydrogen-bond donors (Lipinski definition) is 2. The van der Waals surface area contributed by atoms with Crippen LogP contribution < -0.4 is 0 Å². The Morgan fingerprint density at radius 3 is 2.44 bits per heavy atom. The van der Waals surface area contributed by atoms with Crippen LogP contribution in [0.1, 0.15) is 31.9 Å². The van der Waals surface area contributed by atoms with Crippen LogP contribution in [0.4, 0.5) is 0 Å². The molecule has 3 nitrogen and oxygen atoms in total. The lowest BCUT2D eigenvalue weighted by atomic mass is 9.79. The minimum Gasteiger partial charge on any atom is -0.494 e. The first-order valence-electron chi connectivity index (χ1n) is 6.28. The van der Waals surface area contributed by atoms with E-state index in [0.29, 0.717) is 19.4 Å². The Balaban J connectivity index is 2.43. The molecule has 2 rings (SSSR count). The molecule has 98 valence electrons. The number of nitrogens with zero attached hydrogens (tertiary/aromatic N) is 1. The van der Waals surface area contributed by atoms with Gasteiger partial charge >= 0.3 is 0 Å². The second-order valence-corrected chi connectivity index (χ2v) is 5.86. The Morgan fingerprint density at radius 2 is 1.89 bits per heavy atom. The van der Waals surface area contributed by atoms with Crippen molar-refractivity contribution in [3.05, 3.63) is 35.4 Å². The Bertz CT molecular complexity index is 516. The van der Waals surface area contributed by atoms with Gasteiger partial charge < -0.3 is 10.2 Å². The molecule has 0 bridgehead atoms. The first-order chi connectivity index (χ1) is 8.36. The van der Waals surface area contributed by atoms with E-state index >= 15 is 0 Å². The van der Waals surface area contributed by atoms with Crippen LogP contribution in [0.15, 0.2) is 24.3 Å². The van der Waals surface area contributed by atoms with Crippen molar-refractivity contribution in [2.24, 2.45) is 5.41 Å². The summed E-state index contributed by atoms with van der Waals surface area (Å²) in [7, 11) is 0. The molecule has 1 heterocycles. The van der Waals surface area contributed by atoms with Crippen molar-refractivity contribution in [3.63, 3.8) is 0 Å². The number of allylic oxidation sites excluding steroid dienone is 3. The van der Waals surface area contributed by atoms with Crippen LogP contribution in [0.3, 0.4) is 0 Å². The second kappa shape index (κ2) is 4.23. The summed E-state index contributed by atoms with van der Waals surface area (Å²) in [5.41, 5.74) is 3.12. The quantitative estimate of drug-likeness (QED) is 0.788. The number of fused-ring (bicyclic) bond motifs is 1. The third-order valence-electron chi connectivity index (χ3n) is 3.61. The largest absolute Gasteiger partial charge is 0.494 e. The average molecular weight is 247 g/mol. The molecular formula is C15H21NO2. The van der Waals surface area contributed by atoms with E-state index < -0.39 is 0 Å². The molecule has 0 unspecified atom stereocenters. The molecular weight excluding hydrogens is 226 g/mol. The van der Waals surface area contributed by atoms with Gasteiger partial charge in [-0.05, 0) is 18.3 Å². The lowest BCUT2D eigenvalue weighted by Crippen LogP contribution is -2.15. The first kappa shape index (κ1) is 12.8. The summed E-state index contributed by atoms with van der Waals surface area (Å²) < 4.78 is 1.51. The highest BCUT2D eigenvalue weighted by Crippen LogP contribution is 2.42. The van der Waals surface area contributed by atoms with Gasteiger partial charge in [-0.3, -0.25) is 4.57 Å². The van der Waals surface area contributed by atoms with Crippen molar-refractivity contribution in [3.8, 4) is 11.8 Å². The molecule has 1 aromatic heterocycles. The molecule has 0 fully saturated rings. The molecule has 3 heteroatoms. The summed E-state index contributed by atoms with van der Waals surface area (Å²) in [4.78, 5) is 0. The normalized spacial score (nSPS) is 15.2. The van der Waals surface area contributed by atoms with Crippen LogP contribution in [0.2, 0.25) is 0 Å². The first-order valence-corrected chi connectivity index (χ1v) is 6.28. The van der Waals surface area contributed by atoms with Gasteiger partial charge in [0.15, 0.2) is 11.8 Å². The predicted octanol–water partition coefficient (Wildman–Crippen LogP) is 3.16. The molecule has 0 spiro atoms. The highest BCUT2D eigenvalue weighted by Gasteiger charge is 2.28. The van der Waals surface area contributed by atoms with Gasteiger partial charge in [-0.25, -0.2) is 0 Å². The standard InChI is InChI=1S/C15H21NO2/c1-5-8-16-13(17)11-7-6-10(15(2,3)4)9-12(11)14(16)18/h5-6,17-18H,1,7-9H2,2-4H3. The molecule has 0 radical (unpaired) electrons. The number of hydrogen-bond acceptors (Lipinski definition) is 2. The van der Waals surface area contributed by atoms with E-state index in [1.165, 1.54) is 10.1 Å². The summed E-state index contributed by atoms with van der Waals surface area (Å²) in [6, 6.07) is 0. The molecule has 0 aliphatic heterocycles. The second-order valence-electron chi connectivity index (χ2n) is 5.86. The van der Waals surface area contributed by atoms with Crippen LogP contribution in [-0.2, 0) is 19.4 Å². The van der Waals surface area contributed by atoms with Crippen LogP contribution in [-0.4, -0.2) is 14.8 Å². The fourth-order valence-electron chi connectivity index (χ4n) is 2.46. The van der Waals surface area contributed by atoms with Gasteiger partial charge in [0.25, 0.3) is 0 Å². The molecule has 1 aromatic rings. The molecule has 1 aliphatic rings. The summed E-state index contributed by atoms with van der Waals surface area (Å²) in [6.07, 6.45) is 5.23. The van der Waals surface area contributed by atoms with Crippen molar-refractivity contribution in [2.45, 2.75) is 40.2 Å². The zero-order valence-corrected chi connectivity index (χ0v) is 11.3. The van der Waals surface area contributed by atoms with Crippen LogP contribution in [0, 0.1) is 5.41 Å². The Morgan fingerprint density at radius 1 is 1.28 bits per heavy atom. The van der Waals surface area contributed by atoms with Crippen molar-refractivity contribution < 1.29 is 10.2 Å². The van der Waals surface area contributed by atoms with E-state index in [9.17, 15) is 10.2 Å².